The molecule has 1 heterocycles. The van der Waals surface area contributed by atoms with Crippen molar-refractivity contribution in [1.82, 2.24) is 10.4 Å². The molecule has 2 rings (SSSR count). The van der Waals surface area contributed by atoms with Crippen LogP contribution in [-0.2, 0) is 4.74 Å². The van der Waals surface area contributed by atoms with Gasteiger partial charge in [-0.3, -0.25) is 16.3 Å². The van der Waals surface area contributed by atoms with Crippen molar-refractivity contribution in [1.29, 1.82) is 0 Å². The van der Waals surface area contributed by atoms with E-state index in [1.54, 1.807) is 6.20 Å². The van der Waals surface area contributed by atoms with Gasteiger partial charge in [0, 0.05) is 12.8 Å². The smallest absolute Gasteiger partial charge is 0.141 e. The van der Waals surface area contributed by atoms with E-state index in [1.807, 2.05) is 6.92 Å². The molecule has 5 heteroatoms. The summed E-state index contributed by atoms with van der Waals surface area (Å²) in [5, 5.41) is 0. The topological polar surface area (TPSA) is 60.2 Å². The number of halogens is 1. The van der Waals surface area contributed by atoms with Gasteiger partial charge in [-0.15, -0.1) is 0 Å². The molecule has 1 unspecified atom stereocenters. The summed E-state index contributed by atoms with van der Waals surface area (Å²) in [7, 11) is 0. The molecule has 20 heavy (non-hydrogen) atoms. The number of pyridine rings is 1. The second-order valence-corrected chi connectivity index (χ2v) is 5.72. The van der Waals surface area contributed by atoms with Crippen LogP contribution in [0.15, 0.2) is 18.5 Å². The zero-order chi connectivity index (χ0) is 14.6. The summed E-state index contributed by atoms with van der Waals surface area (Å²) >= 11 is 0. The standard InChI is InChI=1S/C15H24FN3O/c1-3-20-15(6-4-11(2)5-7-15)14(19-17)12-8-13(16)10-18-9-12/h8-11,14,19H,3-7,17H2,1-2H3. The number of aromatic nitrogens is 1. The third-order valence-electron chi connectivity index (χ3n) is 4.30. The molecule has 1 aromatic rings. The van der Waals surface area contributed by atoms with Crippen molar-refractivity contribution >= 4 is 0 Å². The van der Waals surface area contributed by atoms with E-state index in [2.05, 4.69) is 17.3 Å². The third kappa shape index (κ3) is 3.16. The van der Waals surface area contributed by atoms with Gasteiger partial charge < -0.3 is 4.74 Å². The van der Waals surface area contributed by atoms with E-state index in [4.69, 9.17) is 10.6 Å². The maximum absolute atomic E-state index is 13.4. The minimum Gasteiger partial charge on any atom is -0.373 e. The molecule has 1 fully saturated rings. The van der Waals surface area contributed by atoms with Gasteiger partial charge in [-0.25, -0.2) is 4.39 Å². The van der Waals surface area contributed by atoms with E-state index in [0.717, 1.165) is 31.2 Å². The van der Waals surface area contributed by atoms with Gasteiger partial charge in [0.15, 0.2) is 0 Å². The van der Waals surface area contributed by atoms with E-state index in [9.17, 15) is 4.39 Å². The Hall–Kier alpha value is -1.04. The molecular weight excluding hydrogens is 257 g/mol. The number of hydrogen-bond donors (Lipinski definition) is 2. The molecular formula is C15H24FN3O. The van der Waals surface area contributed by atoms with E-state index in [-0.39, 0.29) is 17.5 Å². The average Bonchev–Trinajstić information content (AvgIpc) is 2.43. The Balaban J connectivity index is 2.30. The zero-order valence-corrected chi connectivity index (χ0v) is 12.2. The molecule has 0 saturated heterocycles. The largest absolute Gasteiger partial charge is 0.373 e. The van der Waals surface area contributed by atoms with Crippen molar-refractivity contribution < 1.29 is 9.13 Å². The lowest BCUT2D eigenvalue weighted by Gasteiger charge is -2.44. The fourth-order valence-electron chi connectivity index (χ4n) is 3.19. The lowest BCUT2D eigenvalue weighted by molar-refractivity contribution is -0.0978. The second-order valence-electron chi connectivity index (χ2n) is 5.72. The number of rotatable bonds is 5. The summed E-state index contributed by atoms with van der Waals surface area (Å²) in [6.45, 7) is 4.86. The van der Waals surface area contributed by atoms with Crippen LogP contribution in [0.4, 0.5) is 4.39 Å². The Kier molecular flexibility index (Phi) is 5.07. The number of hydrogen-bond acceptors (Lipinski definition) is 4. The van der Waals surface area contributed by atoms with Crippen molar-refractivity contribution in [3.05, 3.63) is 29.8 Å². The van der Waals surface area contributed by atoms with Gasteiger partial charge in [-0.2, -0.15) is 0 Å². The molecule has 112 valence electrons. The van der Waals surface area contributed by atoms with Crippen molar-refractivity contribution in [3.8, 4) is 0 Å². The van der Waals surface area contributed by atoms with Gasteiger partial charge in [-0.1, -0.05) is 6.92 Å². The van der Waals surface area contributed by atoms with E-state index < -0.39 is 0 Å². The summed E-state index contributed by atoms with van der Waals surface area (Å²) in [6, 6.07) is 1.24. The zero-order valence-electron chi connectivity index (χ0n) is 12.2. The van der Waals surface area contributed by atoms with Crippen molar-refractivity contribution in [2.75, 3.05) is 6.61 Å². The Labute approximate surface area is 119 Å². The maximum Gasteiger partial charge on any atom is 0.141 e. The highest BCUT2D eigenvalue weighted by atomic mass is 19.1. The first kappa shape index (κ1) is 15.4. The highest BCUT2D eigenvalue weighted by Crippen LogP contribution is 2.42. The summed E-state index contributed by atoms with van der Waals surface area (Å²) in [5.41, 5.74) is 3.20. The number of ether oxygens (including phenoxy) is 1. The van der Waals surface area contributed by atoms with Crippen molar-refractivity contribution in [3.63, 3.8) is 0 Å². The molecule has 3 N–H and O–H groups in total. The van der Waals surface area contributed by atoms with Gasteiger partial charge in [0.05, 0.1) is 17.8 Å². The van der Waals surface area contributed by atoms with Crippen molar-refractivity contribution in [2.45, 2.75) is 51.2 Å². The Morgan fingerprint density at radius 3 is 2.75 bits per heavy atom. The van der Waals surface area contributed by atoms with Crippen LogP contribution in [0.2, 0.25) is 0 Å². The van der Waals surface area contributed by atoms with Gasteiger partial charge in [0.25, 0.3) is 0 Å². The first-order valence-corrected chi connectivity index (χ1v) is 7.32. The summed E-state index contributed by atoms with van der Waals surface area (Å²) in [5.74, 6) is 6.11. The average molecular weight is 281 g/mol. The predicted octanol–water partition coefficient (Wildman–Crippen LogP) is 2.71. The highest BCUT2D eigenvalue weighted by Gasteiger charge is 2.42. The van der Waals surface area contributed by atoms with Crippen LogP contribution in [0.25, 0.3) is 0 Å². The Morgan fingerprint density at radius 2 is 2.20 bits per heavy atom. The highest BCUT2D eigenvalue weighted by molar-refractivity contribution is 5.20. The molecule has 0 aromatic carbocycles. The summed E-state index contributed by atoms with van der Waals surface area (Å²) < 4.78 is 19.5. The van der Waals surface area contributed by atoms with E-state index in [0.29, 0.717) is 12.5 Å². The van der Waals surface area contributed by atoms with Gasteiger partial charge in [-0.05, 0) is 50.2 Å². The van der Waals surface area contributed by atoms with Crippen LogP contribution in [0, 0.1) is 11.7 Å². The third-order valence-corrected chi connectivity index (χ3v) is 4.30. The lowest BCUT2D eigenvalue weighted by atomic mass is 9.73. The normalized spacial score (nSPS) is 28.3. The van der Waals surface area contributed by atoms with E-state index >= 15 is 0 Å². The van der Waals surface area contributed by atoms with Crippen LogP contribution < -0.4 is 11.3 Å². The predicted molar refractivity (Wildman–Crippen MR) is 76.2 cm³/mol. The van der Waals surface area contributed by atoms with E-state index in [1.165, 1.54) is 12.3 Å². The van der Waals surface area contributed by atoms with Crippen LogP contribution in [-0.4, -0.2) is 17.2 Å². The number of nitrogens with two attached hydrogens (primary N) is 1. The molecule has 1 aliphatic carbocycles. The SMILES string of the molecule is CCOC1(C(NN)c2cncc(F)c2)CCC(C)CC1. The molecule has 1 saturated carbocycles. The molecule has 1 atom stereocenters. The van der Waals surface area contributed by atoms with Crippen LogP contribution >= 0.6 is 0 Å². The Morgan fingerprint density at radius 1 is 1.50 bits per heavy atom. The fraction of sp³-hybridized carbons (Fsp3) is 0.667. The molecule has 0 aliphatic heterocycles. The van der Waals surface area contributed by atoms with Gasteiger partial charge in [0.1, 0.15) is 5.82 Å². The first-order chi connectivity index (χ1) is 9.61. The number of nitrogens with one attached hydrogen (secondary N) is 1. The molecule has 0 bridgehead atoms. The monoisotopic (exact) mass is 281 g/mol. The van der Waals surface area contributed by atoms with Crippen molar-refractivity contribution in [2.24, 2.45) is 11.8 Å². The maximum atomic E-state index is 13.4. The summed E-state index contributed by atoms with van der Waals surface area (Å²) in [6.07, 6.45) is 6.91. The first-order valence-electron chi connectivity index (χ1n) is 7.32. The molecule has 0 radical (unpaired) electrons. The Bertz CT molecular complexity index is 433. The van der Waals surface area contributed by atoms with Gasteiger partial charge >= 0.3 is 0 Å². The molecule has 1 aromatic heterocycles. The van der Waals surface area contributed by atoms with Crippen LogP contribution in [0.1, 0.15) is 51.1 Å². The number of nitrogens with zero attached hydrogens (tertiary/aromatic N) is 1. The minimum absolute atomic E-state index is 0.238. The molecule has 0 spiro atoms. The quantitative estimate of drug-likeness (QED) is 0.643. The molecule has 4 nitrogen and oxygen atoms in total. The molecule has 1 aliphatic rings. The fourth-order valence-corrected chi connectivity index (χ4v) is 3.19. The lowest BCUT2D eigenvalue weighted by Crippen LogP contribution is -2.50. The number of hydrazine groups is 1. The second kappa shape index (κ2) is 6.61. The van der Waals surface area contributed by atoms with Gasteiger partial charge in [0.2, 0.25) is 0 Å². The summed E-state index contributed by atoms with van der Waals surface area (Å²) in [4.78, 5) is 3.93. The van der Waals surface area contributed by atoms with Crippen LogP contribution in [0.3, 0.4) is 0 Å². The van der Waals surface area contributed by atoms with Crippen LogP contribution in [0.5, 0.6) is 0 Å². The molecule has 0 amide bonds. The minimum atomic E-state index is -0.370.